The third-order valence-corrected chi connectivity index (χ3v) is 4.25. The molecule has 0 aliphatic heterocycles. The van der Waals surface area contributed by atoms with Gasteiger partial charge in [0.25, 0.3) is 0 Å². The molecular formula is C20H17FN4. The monoisotopic (exact) mass is 332 g/mol. The maximum Gasteiger partial charge on any atom is 0.125 e. The first kappa shape index (κ1) is 15.3. The quantitative estimate of drug-likeness (QED) is 0.587. The second-order valence-electron chi connectivity index (χ2n) is 5.95. The molecule has 124 valence electrons. The van der Waals surface area contributed by atoms with Crippen LogP contribution in [-0.2, 0) is 0 Å². The molecule has 0 bridgehead atoms. The molecule has 5 heteroatoms. The topological polar surface area (TPSA) is 42.7 Å². The highest BCUT2D eigenvalue weighted by molar-refractivity contribution is 5.91. The molecule has 0 saturated heterocycles. The lowest BCUT2D eigenvalue weighted by atomic mass is 10.1. The predicted molar refractivity (Wildman–Crippen MR) is 97.3 cm³/mol. The minimum absolute atomic E-state index is 0.0825. The van der Waals surface area contributed by atoms with Crippen LogP contribution >= 0.6 is 0 Å². The number of halogens is 1. The molecule has 0 fully saturated rings. The molecule has 1 N–H and O–H groups in total. The van der Waals surface area contributed by atoms with Crippen molar-refractivity contribution in [3.8, 4) is 5.69 Å². The van der Waals surface area contributed by atoms with E-state index in [1.807, 2.05) is 29.0 Å². The first-order chi connectivity index (χ1) is 12.2. The van der Waals surface area contributed by atoms with Crippen LogP contribution < -0.4 is 5.32 Å². The van der Waals surface area contributed by atoms with Gasteiger partial charge in [0.15, 0.2) is 0 Å². The third-order valence-electron chi connectivity index (χ3n) is 4.25. The average Bonchev–Trinajstić information content (AvgIpc) is 3.16. The van der Waals surface area contributed by atoms with Crippen LogP contribution in [0.15, 0.2) is 73.4 Å². The van der Waals surface area contributed by atoms with Gasteiger partial charge in [-0.25, -0.2) is 9.37 Å². The first-order valence-corrected chi connectivity index (χ1v) is 8.10. The summed E-state index contributed by atoms with van der Waals surface area (Å²) in [5, 5.41) is 4.41. The van der Waals surface area contributed by atoms with Gasteiger partial charge in [-0.2, -0.15) is 0 Å². The molecule has 2 heterocycles. The van der Waals surface area contributed by atoms with Crippen molar-refractivity contribution in [2.75, 3.05) is 5.32 Å². The minimum Gasteiger partial charge on any atom is -0.378 e. The van der Waals surface area contributed by atoms with E-state index in [1.54, 1.807) is 24.8 Å². The molecule has 0 saturated carbocycles. The van der Waals surface area contributed by atoms with Crippen molar-refractivity contribution in [2.45, 2.75) is 13.0 Å². The van der Waals surface area contributed by atoms with Gasteiger partial charge in [0.1, 0.15) is 5.82 Å². The summed E-state index contributed by atoms with van der Waals surface area (Å²) in [4.78, 5) is 8.33. The summed E-state index contributed by atoms with van der Waals surface area (Å²) in [7, 11) is 0. The summed E-state index contributed by atoms with van der Waals surface area (Å²) < 4.78 is 15.4. The maximum absolute atomic E-state index is 13.4. The highest BCUT2D eigenvalue weighted by Crippen LogP contribution is 2.27. The smallest absolute Gasteiger partial charge is 0.125 e. The number of imidazole rings is 1. The average molecular weight is 332 g/mol. The Bertz CT molecular complexity index is 1010. The van der Waals surface area contributed by atoms with Crippen LogP contribution in [0, 0.1) is 5.82 Å². The molecule has 4 nitrogen and oxygen atoms in total. The second-order valence-corrected chi connectivity index (χ2v) is 5.95. The van der Waals surface area contributed by atoms with Crippen LogP contribution in [-0.4, -0.2) is 14.5 Å². The van der Waals surface area contributed by atoms with E-state index in [0.717, 1.165) is 22.3 Å². The maximum atomic E-state index is 13.4. The molecule has 4 aromatic rings. The molecule has 1 atom stereocenters. The summed E-state index contributed by atoms with van der Waals surface area (Å²) in [6, 6.07) is 14.9. The van der Waals surface area contributed by atoms with Gasteiger partial charge in [0.2, 0.25) is 0 Å². The van der Waals surface area contributed by atoms with Crippen molar-refractivity contribution < 1.29 is 4.39 Å². The van der Waals surface area contributed by atoms with Crippen LogP contribution in [0.5, 0.6) is 0 Å². The molecule has 2 aromatic carbocycles. The van der Waals surface area contributed by atoms with E-state index in [9.17, 15) is 4.39 Å². The van der Waals surface area contributed by atoms with E-state index in [0.29, 0.717) is 5.52 Å². The van der Waals surface area contributed by atoms with Crippen molar-refractivity contribution in [1.29, 1.82) is 0 Å². The number of nitrogens with one attached hydrogen (secondary N) is 1. The van der Waals surface area contributed by atoms with E-state index >= 15 is 0 Å². The molecule has 0 aliphatic carbocycles. The highest BCUT2D eigenvalue weighted by Gasteiger charge is 2.10. The first-order valence-electron chi connectivity index (χ1n) is 8.10. The summed E-state index contributed by atoms with van der Waals surface area (Å²) in [6.45, 7) is 2.10. The summed E-state index contributed by atoms with van der Waals surface area (Å²) in [5.41, 5.74) is 3.79. The van der Waals surface area contributed by atoms with Gasteiger partial charge in [0.05, 0.1) is 11.8 Å². The fourth-order valence-electron chi connectivity index (χ4n) is 2.93. The Morgan fingerprint density at radius 2 is 2.00 bits per heavy atom. The Labute approximate surface area is 145 Å². The Balaban J connectivity index is 1.65. The Hall–Kier alpha value is -3.21. The van der Waals surface area contributed by atoms with Crippen LogP contribution in [0.25, 0.3) is 16.6 Å². The van der Waals surface area contributed by atoms with Gasteiger partial charge in [0, 0.05) is 47.5 Å². The molecule has 4 rings (SSSR count). The molecule has 1 unspecified atom stereocenters. The normalized spacial score (nSPS) is 12.2. The lowest BCUT2D eigenvalue weighted by Crippen LogP contribution is -2.08. The molecule has 0 amide bonds. The van der Waals surface area contributed by atoms with E-state index in [-0.39, 0.29) is 11.9 Å². The lowest BCUT2D eigenvalue weighted by molar-refractivity contribution is 0.629. The number of aromatic nitrogens is 3. The van der Waals surface area contributed by atoms with Gasteiger partial charge < -0.3 is 9.88 Å². The van der Waals surface area contributed by atoms with Crippen LogP contribution in [0.3, 0.4) is 0 Å². The van der Waals surface area contributed by atoms with Crippen molar-refractivity contribution in [2.24, 2.45) is 0 Å². The predicted octanol–water partition coefficient (Wildman–Crippen LogP) is 4.73. The molecule has 25 heavy (non-hydrogen) atoms. The fourth-order valence-corrected chi connectivity index (χ4v) is 2.93. The molecule has 0 spiro atoms. The molecule has 2 aromatic heterocycles. The zero-order chi connectivity index (χ0) is 17.2. The molecule has 0 radical (unpaired) electrons. The zero-order valence-electron chi connectivity index (χ0n) is 13.7. The Kier molecular flexibility index (Phi) is 3.90. The minimum atomic E-state index is -0.279. The van der Waals surface area contributed by atoms with E-state index in [2.05, 4.69) is 34.3 Å². The van der Waals surface area contributed by atoms with Crippen LogP contribution in [0.2, 0.25) is 0 Å². The zero-order valence-corrected chi connectivity index (χ0v) is 13.7. The van der Waals surface area contributed by atoms with Crippen molar-refractivity contribution in [1.82, 2.24) is 14.5 Å². The number of benzene rings is 2. The van der Waals surface area contributed by atoms with Crippen molar-refractivity contribution in [3.63, 3.8) is 0 Å². The van der Waals surface area contributed by atoms with Crippen LogP contribution in [0.4, 0.5) is 10.1 Å². The fraction of sp³-hybridized carbons (Fsp3) is 0.100. The third kappa shape index (κ3) is 3.08. The molecule has 0 aliphatic rings. The number of pyridine rings is 1. The summed E-state index contributed by atoms with van der Waals surface area (Å²) in [5.74, 6) is -0.279. The van der Waals surface area contributed by atoms with E-state index < -0.39 is 0 Å². The number of anilines is 1. The number of fused-ring (bicyclic) bond motifs is 1. The van der Waals surface area contributed by atoms with Gasteiger partial charge in [-0.05, 0) is 42.8 Å². The number of hydrogen-bond acceptors (Lipinski definition) is 3. The summed E-state index contributed by atoms with van der Waals surface area (Å²) >= 11 is 0. The van der Waals surface area contributed by atoms with Gasteiger partial charge >= 0.3 is 0 Å². The van der Waals surface area contributed by atoms with Crippen molar-refractivity contribution in [3.05, 3.63) is 84.8 Å². The standard InChI is InChI=1S/C20H17FN4/c1-14(15-3-2-4-17(11-15)25-10-9-22-13-25)24-19-7-8-23-20-12-16(21)5-6-18(19)20/h2-14H,1H3,(H,23,24). The Morgan fingerprint density at radius 3 is 2.84 bits per heavy atom. The SMILES string of the molecule is CC(Nc1ccnc2cc(F)ccc12)c1cccc(-n2ccnc2)c1. The van der Waals surface area contributed by atoms with Gasteiger partial charge in [-0.15, -0.1) is 0 Å². The number of nitrogens with zero attached hydrogens (tertiary/aromatic N) is 3. The van der Waals surface area contributed by atoms with E-state index in [4.69, 9.17) is 0 Å². The van der Waals surface area contributed by atoms with Crippen molar-refractivity contribution >= 4 is 16.6 Å². The lowest BCUT2D eigenvalue weighted by Gasteiger charge is -2.18. The van der Waals surface area contributed by atoms with E-state index in [1.165, 1.54) is 12.1 Å². The number of hydrogen-bond donors (Lipinski definition) is 1. The summed E-state index contributed by atoms with van der Waals surface area (Å²) in [6.07, 6.45) is 7.15. The van der Waals surface area contributed by atoms with Gasteiger partial charge in [-0.1, -0.05) is 12.1 Å². The largest absolute Gasteiger partial charge is 0.378 e. The Morgan fingerprint density at radius 1 is 1.08 bits per heavy atom. The highest BCUT2D eigenvalue weighted by atomic mass is 19.1. The van der Waals surface area contributed by atoms with Gasteiger partial charge in [-0.3, -0.25) is 4.98 Å². The number of rotatable bonds is 4. The second kappa shape index (κ2) is 6.36. The molecular weight excluding hydrogens is 315 g/mol. The van der Waals surface area contributed by atoms with Crippen LogP contribution in [0.1, 0.15) is 18.5 Å².